The van der Waals surface area contributed by atoms with E-state index in [1.54, 1.807) is 18.3 Å². The number of rotatable bonds is 4. The Kier molecular flexibility index (Phi) is 3.99. The minimum Gasteiger partial charge on any atom is -0.352 e. The molecule has 0 aliphatic carbocycles. The maximum Gasteiger partial charge on any atom is 0.224 e. The monoisotopic (exact) mass is 263 g/mol. The van der Waals surface area contributed by atoms with E-state index < -0.39 is 0 Å². The van der Waals surface area contributed by atoms with Gasteiger partial charge in [-0.3, -0.25) is 9.89 Å². The fourth-order valence-corrected chi connectivity index (χ4v) is 1.72. The Balaban J connectivity index is 1.86. The van der Waals surface area contributed by atoms with Gasteiger partial charge in [0.25, 0.3) is 0 Å². The number of hydrogen-bond donors (Lipinski definition) is 2. The molecule has 0 aliphatic rings. The molecular formula is C13H14ClN3O. The van der Waals surface area contributed by atoms with Gasteiger partial charge in [-0.1, -0.05) is 23.7 Å². The number of aromatic nitrogens is 2. The van der Waals surface area contributed by atoms with Crippen LogP contribution in [0.1, 0.15) is 16.8 Å². The molecule has 1 heterocycles. The number of amides is 1. The van der Waals surface area contributed by atoms with Gasteiger partial charge in [0, 0.05) is 22.8 Å². The summed E-state index contributed by atoms with van der Waals surface area (Å²) >= 11 is 5.78. The third kappa shape index (κ3) is 3.34. The molecule has 0 unspecified atom stereocenters. The minimum absolute atomic E-state index is 0.0158. The summed E-state index contributed by atoms with van der Waals surface area (Å²) in [4.78, 5) is 11.7. The molecule has 5 heteroatoms. The minimum atomic E-state index is -0.0158. The summed E-state index contributed by atoms with van der Waals surface area (Å²) in [7, 11) is 0. The first-order valence-electron chi connectivity index (χ1n) is 5.65. The number of aromatic amines is 1. The van der Waals surface area contributed by atoms with E-state index in [1.807, 2.05) is 19.1 Å². The van der Waals surface area contributed by atoms with Crippen LogP contribution < -0.4 is 5.32 Å². The van der Waals surface area contributed by atoms with Crippen molar-refractivity contribution in [3.8, 4) is 0 Å². The van der Waals surface area contributed by atoms with Crippen molar-refractivity contribution in [1.29, 1.82) is 0 Å². The molecule has 0 saturated carbocycles. The summed E-state index contributed by atoms with van der Waals surface area (Å²) in [5.74, 6) is -0.0158. The summed E-state index contributed by atoms with van der Waals surface area (Å²) in [5, 5.41) is 10.3. The Morgan fingerprint density at radius 2 is 2.11 bits per heavy atom. The topological polar surface area (TPSA) is 57.8 Å². The second-order valence-electron chi connectivity index (χ2n) is 4.10. The lowest BCUT2D eigenvalue weighted by Gasteiger charge is -2.04. The van der Waals surface area contributed by atoms with Gasteiger partial charge in [0.2, 0.25) is 5.91 Å². The summed E-state index contributed by atoms with van der Waals surface area (Å²) in [6, 6.07) is 7.27. The molecule has 18 heavy (non-hydrogen) atoms. The number of carbonyl (C=O) groups excluding carboxylic acids is 1. The van der Waals surface area contributed by atoms with Gasteiger partial charge in [0.15, 0.2) is 0 Å². The summed E-state index contributed by atoms with van der Waals surface area (Å²) in [6.45, 7) is 2.42. The first-order valence-corrected chi connectivity index (χ1v) is 6.03. The van der Waals surface area contributed by atoms with Gasteiger partial charge < -0.3 is 5.32 Å². The lowest BCUT2D eigenvalue weighted by atomic mass is 10.1. The van der Waals surface area contributed by atoms with Crippen molar-refractivity contribution in [2.75, 3.05) is 0 Å². The van der Waals surface area contributed by atoms with Gasteiger partial charge >= 0.3 is 0 Å². The van der Waals surface area contributed by atoms with Crippen LogP contribution in [0.2, 0.25) is 5.02 Å². The van der Waals surface area contributed by atoms with Crippen LogP contribution in [0, 0.1) is 6.92 Å². The van der Waals surface area contributed by atoms with Crippen molar-refractivity contribution >= 4 is 17.5 Å². The zero-order valence-electron chi connectivity index (χ0n) is 10.0. The SMILES string of the molecule is Cc1[nH]ncc1CNC(=O)Cc1ccc(Cl)cc1. The average Bonchev–Trinajstić information content (AvgIpc) is 2.75. The molecule has 0 fully saturated rings. The third-order valence-electron chi connectivity index (χ3n) is 2.69. The van der Waals surface area contributed by atoms with Gasteiger partial charge in [-0.2, -0.15) is 5.10 Å². The maximum atomic E-state index is 11.7. The normalized spacial score (nSPS) is 10.3. The van der Waals surface area contributed by atoms with Crippen molar-refractivity contribution in [1.82, 2.24) is 15.5 Å². The Hall–Kier alpha value is -1.81. The molecule has 1 aromatic heterocycles. The number of nitrogens with zero attached hydrogens (tertiary/aromatic N) is 1. The van der Waals surface area contributed by atoms with Crippen LogP contribution in [0.5, 0.6) is 0 Å². The van der Waals surface area contributed by atoms with Crippen LogP contribution in [-0.4, -0.2) is 16.1 Å². The largest absolute Gasteiger partial charge is 0.352 e. The predicted molar refractivity (Wildman–Crippen MR) is 70.3 cm³/mol. The van der Waals surface area contributed by atoms with E-state index in [4.69, 9.17) is 11.6 Å². The number of aryl methyl sites for hydroxylation is 1. The molecular weight excluding hydrogens is 250 g/mol. The van der Waals surface area contributed by atoms with Crippen LogP contribution in [0.4, 0.5) is 0 Å². The highest BCUT2D eigenvalue weighted by Crippen LogP contribution is 2.10. The Labute approximate surface area is 110 Å². The van der Waals surface area contributed by atoms with Crippen molar-refractivity contribution < 1.29 is 4.79 Å². The molecule has 0 radical (unpaired) electrons. The number of nitrogens with one attached hydrogen (secondary N) is 2. The van der Waals surface area contributed by atoms with E-state index in [1.165, 1.54) is 0 Å². The first-order chi connectivity index (χ1) is 8.65. The molecule has 4 nitrogen and oxygen atoms in total. The molecule has 2 N–H and O–H groups in total. The molecule has 0 saturated heterocycles. The molecule has 1 amide bonds. The lowest BCUT2D eigenvalue weighted by Crippen LogP contribution is -2.24. The molecule has 2 rings (SSSR count). The Morgan fingerprint density at radius 1 is 1.39 bits per heavy atom. The number of hydrogen-bond acceptors (Lipinski definition) is 2. The van der Waals surface area contributed by atoms with Gasteiger partial charge in [-0.05, 0) is 24.6 Å². The Bertz CT molecular complexity index is 533. The summed E-state index contributed by atoms with van der Waals surface area (Å²) in [5.41, 5.74) is 2.92. The van der Waals surface area contributed by atoms with Crippen LogP contribution in [-0.2, 0) is 17.8 Å². The fourth-order valence-electron chi connectivity index (χ4n) is 1.60. The average molecular weight is 264 g/mol. The van der Waals surface area contributed by atoms with Gasteiger partial charge in [-0.15, -0.1) is 0 Å². The Morgan fingerprint density at radius 3 is 2.72 bits per heavy atom. The van der Waals surface area contributed by atoms with Gasteiger partial charge in [0.1, 0.15) is 0 Å². The second-order valence-corrected chi connectivity index (χ2v) is 4.54. The van der Waals surface area contributed by atoms with Gasteiger partial charge in [0.05, 0.1) is 12.6 Å². The zero-order valence-corrected chi connectivity index (χ0v) is 10.8. The molecule has 1 aromatic carbocycles. The van der Waals surface area contributed by atoms with Crippen LogP contribution in [0.3, 0.4) is 0 Å². The maximum absolute atomic E-state index is 11.7. The van der Waals surface area contributed by atoms with Crippen molar-refractivity contribution in [2.45, 2.75) is 19.9 Å². The van der Waals surface area contributed by atoms with E-state index in [0.717, 1.165) is 16.8 Å². The van der Waals surface area contributed by atoms with Crippen LogP contribution in [0.15, 0.2) is 30.5 Å². The van der Waals surface area contributed by atoms with Gasteiger partial charge in [-0.25, -0.2) is 0 Å². The highest BCUT2D eigenvalue weighted by molar-refractivity contribution is 6.30. The third-order valence-corrected chi connectivity index (χ3v) is 2.94. The number of halogens is 1. The summed E-state index contributed by atoms with van der Waals surface area (Å²) < 4.78 is 0. The quantitative estimate of drug-likeness (QED) is 0.889. The molecule has 0 atom stereocenters. The van der Waals surface area contributed by atoms with Crippen LogP contribution >= 0.6 is 11.6 Å². The first kappa shape index (κ1) is 12.6. The molecule has 0 spiro atoms. The second kappa shape index (κ2) is 5.69. The fraction of sp³-hybridized carbons (Fsp3) is 0.231. The lowest BCUT2D eigenvalue weighted by molar-refractivity contribution is -0.120. The highest BCUT2D eigenvalue weighted by Gasteiger charge is 2.05. The van der Waals surface area contributed by atoms with E-state index in [9.17, 15) is 4.79 Å². The zero-order chi connectivity index (χ0) is 13.0. The molecule has 2 aromatic rings. The molecule has 0 aliphatic heterocycles. The van der Waals surface area contributed by atoms with Crippen LogP contribution in [0.25, 0.3) is 0 Å². The van der Waals surface area contributed by atoms with Crippen molar-refractivity contribution in [3.63, 3.8) is 0 Å². The predicted octanol–water partition coefficient (Wildman–Crippen LogP) is 2.23. The summed E-state index contributed by atoms with van der Waals surface area (Å²) in [6.07, 6.45) is 2.08. The van der Waals surface area contributed by atoms with Crippen molar-refractivity contribution in [2.24, 2.45) is 0 Å². The highest BCUT2D eigenvalue weighted by atomic mass is 35.5. The standard InChI is InChI=1S/C13H14ClN3O/c1-9-11(8-16-17-9)7-15-13(18)6-10-2-4-12(14)5-3-10/h2-5,8H,6-7H2,1H3,(H,15,18)(H,16,17). The molecule has 0 bridgehead atoms. The van der Waals surface area contributed by atoms with E-state index >= 15 is 0 Å². The van der Waals surface area contributed by atoms with E-state index in [-0.39, 0.29) is 5.91 Å². The number of carbonyl (C=O) groups is 1. The van der Waals surface area contributed by atoms with Crippen molar-refractivity contribution in [3.05, 3.63) is 52.3 Å². The van der Waals surface area contributed by atoms with E-state index in [0.29, 0.717) is 18.0 Å². The smallest absolute Gasteiger partial charge is 0.224 e. The van der Waals surface area contributed by atoms with E-state index in [2.05, 4.69) is 15.5 Å². The number of benzene rings is 1. The molecule has 94 valence electrons. The number of H-pyrrole nitrogens is 1.